The summed E-state index contributed by atoms with van der Waals surface area (Å²) in [5, 5.41) is 12.4. The van der Waals surface area contributed by atoms with E-state index in [0.717, 1.165) is 17.0 Å². The van der Waals surface area contributed by atoms with E-state index < -0.39 is 12.0 Å². The highest BCUT2D eigenvalue weighted by Crippen LogP contribution is 2.19. The van der Waals surface area contributed by atoms with Gasteiger partial charge in [-0.25, -0.2) is 0 Å². The number of hydrogen-bond acceptors (Lipinski definition) is 5. The van der Waals surface area contributed by atoms with Crippen LogP contribution in [0.2, 0.25) is 0 Å². The molecule has 0 saturated carbocycles. The Kier molecular flexibility index (Phi) is 4.16. The molecule has 0 saturated heterocycles. The number of aliphatic carboxylic acids is 1. The van der Waals surface area contributed by atoms with Crippen molar-refractivity contribution in [3.05, 3.63) is 17.0 Å². The normalized spacial score (nSPS) is 12.7. The third kappa shape index (κ3) is 3.24. The van der Waals surface area contributed by atoms with Gasteiger partial charge in [0.25, 0.3) is 0 Å². The van der Waals surface area contributed by atoms with Crippen LogP contribution in [0.3, 0.4) is 0 Å². The highest BCUT2D eigenvalue weighted by atomic mass is 32.2. The number of nitrogens with two attached hydrogens (primary N) is 1. The van der Waals surface area contributed by atoms with Gasteiger partial charge in [0.2, 0.25) is 0 Å². The minimum atomic E-state index is -0.971. The number of carbonyl (C=O) groups is 1. The highest BCUT2D eigenvalue weighted by molar-refractivity contribution is 7.98. The lowest BCUT2D eigenvalue weighted by Gasteiger charge is -2.05. The molecule has 1 heterocycles. The van der Waals surface area contributed by atoms with Crippen molar-refractivity contribution in [1.82, 2.24) is 5.16 Å². The largest absolute Gasteiger partial charge is 0.480 e. The first-order chi connectivity index (χ1) is 7.02. The fourth-order valence-electron chi connectivity index (χ4n) is 1.07. The van der Waals surface area contributed by atoms with Crippen molar-refractivity contribution in [2.24, 2.45) is 5.73 Å². The number of aromatic nitrogens is 1. The molecule has 1 aromatic rings. The van der Waals surface area contributed by atoms with E-state index in [2.05, 4.69) is 5.16 Å². The fraction of sp³-hybridized carbons (Fsp3) is 0.556. The van der Waals surface area contributed by atoms with Crippen molar-refractivity contribution in [2.75, 3.05) is 5.75 Å². The summed E-state index contributed by atoms with van der Waals surface area (Å²) in [5.41, 5.74) is 7.25. The molecule has 5 nitrogen and oxygen atoms in total. The Labute approximate surface area is 92.0 Å². The first-order valence-corrected chi connectivity index (χ1v) is 5.65. The van der Waals surface area contributed by atoms with Crippen molar-refractivity contribution < 1.29 is 14.4 Å². The van der Waals surface area contributed by atoms with Gasteiger partial charge in [0.1, 0.15) is 11.8 Å². The summed E-state index contributed by atoms with van der Waals surface area (Å²) < 4.78 is 4.99. The molecule has 0 aliphatic carbocycles. The third-order valence-corrected chi connectivity index (χ3v) is 3.13. The number of carboxylic acids is 1. The van der Waals surface area contributed by atoms with E-state index in [9.17, 15) is 4.79 Å². The molecule has 3 N–H and O–H groups in total. The van der Waals surface area contributed by atoms with Crippen molar-refractivity contribution in [1.29, 1.82) is 0 Å². The Bertz CT molecular complexity index is 332. The summed E-state index contributed by atoms with van der Waals surface area (Å²) in [7, 11) is 0. The summed E-state index contributed by atoms with van der Waals surface area (Å²) in [6.45, 7) is 3.70. The number of hydrogen-bond donors (Lipinski definition) is 2. The van der Waals surface area contributed by atoms with Gasteiger partial charge in [-0.1, -0.05) is 5.16 Å². The number of carboxylic acid groups (broad SMARTS) is 1. The summed E-state index contributed by atoms with van der Waals surface area (Å²) in [6.07, 6.45) is 0. The van der Waals surface area contributed by atoms with Crippen LogP contribution in [0.15, 0.2) is 4.52 Å². The average molecular weight is 230 g/mol. The Morgan fingerprint density at radius 3 is 2.80 bits per heavy atom. The van der Waals surface area contributed by atoms with Crippen LogP contribution in [-0.4, -0.2) is 28.0 Å². The first-order valence-electron chi connectivity index (χ1n) is 4.50. The lowest BCUT2D eigenvalue weighted by Crippen LogP contribution is -2.32. The number of thioether (sulfide) groups is 1. The standard InChI is InChI=1S/C9H14N2O3S/c1-5-7(6(2)14-11-5)3-15-4-8(10)9(12)13/h8H,3-4,10H2,1-2H3,(H,12,13). The second-order valence-electron chi connectivity index (χ2n) is 3.26. The van der Waals surface area contributed by atoms with Gasteiger partial charge in [-0.3, -0.25) is 4.79 Å². The van der Waals surface area contributed by atoms with Gasteiger partial charge in [0.15, 0.2) is 0 Å². The minimum absolute atomic E-state index is 0.388. The monoisotopic (exact) mass is 230 g/mol. The van der Waals surface area contributed by atoms with Gasteiger partial charge in [0, 0.05) is 17.1 Å². The maximum Gasteiger partial charge on any atom is 0.321 e. The van der Waals surface area contributed by atoms with Crippen LogP contribution in [0.25, 0.3) is 0 Å². The second-order valence-corrected chi connectivity index (χ2v) is 4.29. The molecular weight excluding hydrogens is 216 g/mol. The summed E-state index contributed by atoms with van der Waals surface area (Å²) >= 11 is 1.47. The van der Waals surface area contributed by atoms with Crippen molar-refractivity contribution in [3.63, 3.8) is 0 Å². The molecule has 0 amide bonds. The van der Waals surface area contributed by atoms with Crippen molar-refractivity contribution >= 4 is 17.7 Å². The molecular formula is C9H14N2O3S. The van der Waals surface area contributed by atoms with E-state index >= 15 is 0 Å². The molecule has 1 rings (SSSR count). The Morgan fingerprint density at radius 1 is 1.67 bits per heavy atom. The van der Waals surface area contributed by atoms with E-state index in [1.165, 1.54) is 11.8 Å². The minimum Gasteiger partial charge on any atom is -0.480 e. The molecule has 0 spiro atoms. The average Bonchev–Trinajstić information content (AvgIpc) is 2.48. The molecule has 0 aliphatic heterocycles. The van der Waals surface area contributed by atoms with Crippen LogP contribution in [0.1, 0.15) is 17.0 Å². The quantitative estimate of drug-likeness (QED) is 0.782. The topological polar surface area (TPSA) is 89.4 Å². The second kappa shape index (κ2) is 5.18. The Morgan fingerprint density at radius 2 is 2.33 bits per heavy atom. The molecule has 1 atom stereocenters. The molecule has 1 unspecified atom stereocenters. The van der Waals surface area contributed by atoms with E-state index in [4.69, 9.17) is 15.4 Å². The molecule has 6 heteroatoms. The highest BCUT2D eigenvalue weighted by Gasteiger charge is 2.13. The Balaban J connectivity index is 2.41. The molecule has 1 aromatic heterocycles. The number of aryl methyl sites for hydroxylation is 2. The summed E-state index contributed by atoms with van der Waals surface area (Å²) in [4.78, 5) is 10.5. The predicted octanol–water partition coefficient (Wildman–Crippen LogP) is 0.937. The molecule has 0 aliphatic rings. The van der Waals surface area contributed by atoms with Gasteiger partial charge in [-0.15, -0.1) is 0 Å². The van der Waals surface area contributed by atoms with Gasteiger partial charge < -0.3 is 15.4 Å². The lowest BCUT2D eigenvalue weighted by molar-refractivity contribution is -0.137. The van der Waals surface area contributed by atoms with Gasteiger partial charge in [0.05, 0.1) is 5.69 Å². The maximum absolute atomic E-state index is 10.5. The van der Waals surface area contributed by atoms with E-state index in [0.29, 0.717) is 11.5 Å². The zero-order chi connectivity index (χ0) is 11.4. The number of nitrogens with zero attached hydrogens (tertiary/aromatic N) is 1. The molecule has 0 aromatic carbocycles. The van der Waals surface area contributed by atoms with Gasteiger partial charge in [-0.2, -0.15) is 11.8 Å². The molecule has 0 fully saturated rings. The van der Waals surface area contributed by atoms with Crippen LogP contribution in [0.4, 0.5) is 0 Å². The third-order valence-electron chi connectivity index (χ3n) is 2.04. The smallest absolute Gasteiger partial charge is 0.321 e. The van der Waals surface area contributed by atoms with Gasteiger partial charge in [-0.05, 0) is 13.8 Å². The van der Waals surface area contributed by atoms with Crippen molar-refractivity contribution in [3.8, 4) is 0 Å². The van der Waals surface area contributed by atoms with E-state index in [1.807, 2.05) is 13.8 Å². The summed E-state index contributed by atoms with van der Waals surface area (Å²) in [5.74, 6) is 0.881. The van der Waals surface area contributed by atoms with Crippen LogP contribution < -0.4 is 5.73 Å². The van der Waals surface area contributed by atoms with Crippen LogP contribution in [0.5, 0.6) is 0 Å². The van der Waals surface area contributed by atoms with Crippen molar-refractivity contribution in [2.45, 2.75) is 25.6 Å². The fourth-order valence-corrected chi connectivity index (χ4v) is 2.20. The van der Waals surface area contributed by atoms with Crippen LogP contribution in [0, 0.1) is 13.8 Å². The van der Waals surface area contributed by atoms with Gasteiger partial charge >= 0.3 is 5.97 Å². The maximum atomic E-state index is 10.5. The molecule has 84 valence electrons. The first kappa shape index (κ1) is 12.1. The van der Waals surface area contributed by atoms with E-state index in [-0.39, 0.29) is 0 Å². The van der Waals surface area contributed by atoms with Crippen LogP contribution in [-0.2, 0) is 10.5 Å². The summed E-state index contributed by atoms with van der Waals surface area (Å²) in [6, 6.07) is -0.810. The van der Waals surface area contributed by atoms with E-state index in [1.54, 1.807) is 0 Å². The predicted molar refractivity (Wildman–Crippen MR) is 57.8 cm³/mol. The SMILES string of the molecule is Cc1noc(C)c1CSCC(N)C(=O)O. The Hall–Kier alpha value is -1.01. The zero-order valence-corrected chi connectivity index (χ0v) is 9.50. The number of rotatable bonds is 5. The lowest BCUT2D eigenvalue weighted by atomic mass is 10.2. The van der Waals surface area contributed by atoms with Crippen LogP contribution >= 0.6 is 11.8 Å². The molecule has 0 bridgehead atoms. The molecule has 15 heavy (non-hydrogen) atoms. The zero-order valence-electron chi connectivity index (χ0n) is 8.69. The molecule has 0 radical (unpaired) electrons.